The highest BCUT2D eigenvalue weighted by molar-refractivity contribution is 6.34. The summed E-state index contributed by atoms with van der Waals surface area (Å²) in [6.45, 7) is 0. The topological polar surface area (TPSA) is 66.5 Å². The third-order valence-corrected chi connectivity index (χ3v) is 5.74. The van der Waals surface area contributed by atoms with E-state index in [1.54, 1.807) is 60.7 Å². The highest BCUT2D eigenvalue weighted by atomic mass is 19.1. The molecule has 0 atom stereocenters. The number of fused-ring (bicyclic) bond motifs is 1. The van der Waals surface area contributed by atoms with Crippen molar-refractivity contribution in [2.24, 2.45) is 0 Å². The van der Waals surface area contributed by atoms with Gasteiger partial charge in [-0.1, -0.05) is 30.3 Å². The van der Waals surface area contributed by atoms with Gasteiger partial charge in [0.25, 0.3) is 11.8 Å². The Hall–Kier alpha value is -3.80. The third kappa shape index (κ3) is 2.80. The predicted molar refractivity (Wildman–Crippen MR) is 110 cm³/mol. The minimum absolute atomic E-state index is 0.186. The molecule has 0 saturated heterocycles. The lowest BCUT2D eigenvalue weighted by atomic mass is 9.95. The van der Waals surface area contributed by atoms with Crippen molar-refractivity contribution in [2.45, 2.75) is 18.3 Å². The molecule has 2 aliphatic rings. The van der Waals surface area contributed by atoms with Crippen LogP contribution in [0.2, 0.25) is 0 Å². The van der Waals surface area contributed by atoms with Crippen molar-refractivity contribution in [3.05, 3.63) is 95.3 Å². The van der Waals surface area contributed by atoms with Crippen LogP contribution in [0.5, 0.6) is 0 Å². The van der Waals surface area contributed by atoms with Crippen LogP contribution in [0.25, 0.3) is 0 Å². The standard InChI is InChI=1S/C24H17FN2O3/c25-16-10-8-15(9-11-16)24(12-13-24)23(30)26-17-4-3-5-18(14-17)27-21(28)19-6-1-2-7-20(19)22(27)29/h1-11,14H,12-13H2,(H,26,30). The molecule has 6 heteroatoms. The fourth-order valence-electron chi connectivity index (χ4n) is 3.94. The van der Waals surface area contributed by atoms with Crippen LogP contribution < -0.4 is 10.2 Å². The number of benzene rings is 3. The Labute approximate surface area is 172 Å². The van der Waals surface area contributed by atoms with Crippen LogP contribution in [-0.2, 0) is 10.2 Å². The molecule has 3 amide bonds. The fraction of sp³-hybridized carbons (Fsp3) is 0.125. The molecule has 1 N–H and O–H groups in total. The highest BCUT2D eigenvalue weighted by Crippen LogP contribution is 2.49. The summed E-state index contributed by atoms with van der Waals surface area (Å²) in [5.41, 5.74) is 1.72. The first-order valence-electron chi connectivity index (χ1n) is 9.65. The van der Waals surface area contributed by atoms with Crippen LogP contribution >= 0.6 is 0 Å². The maximum Gasteiger partial charge on any atom is 0.266 e. The molecule has 3 aromatic rings. The lowest BCUT2D eigenvalue weighted by molar-refractivity contribution is -0.118. The third-order valence-electron chi connectivity index (χ3n) is 5.74. The summed E-state index contributed by atoms with van der Waals surface area (Å²) < 4.78 is 13.2. The largest absolute Gasteiger partial charge is 0.325 e. The van der Waals surface area contributed by atoms with Crippen LogP contribution in [0.1, 0.15) is 39.1 Å². The van der Waals surface area contributed by atoms with Gasteiger partial charge in [0.15, 0.2) is 0 Å². The quantitative estimate of drug-likeness (QED) is 0.664. The summed E-state index contributed by atoms with van der Waals surface area (Å²) in [7, 11) is 0. The average molecular weight is 400 g/mol. The van der Waals surface area contributed by atoms with Gasteiger partial charge in [0.2, 0.25) is 5.91 Å². The van der Waals surface area contributed by atoms with Crippen molar-refractivity contribution in [2.75, 3.05) is 10.2 Å². The molecular formula is C24H17FN2O3. The Kier molecular flexibility index (Phi) is 4.03. The molecule has 0 aromatic heterocycles. The van der Waals surface area contributed by atoms with Crippen molar-refractivity contribution in [1.82, 2.24) is 0 Å². The van der Waals surface area contributed by atoms with Crippen LogP contribution in [-0.4, -0.2) is 17.7 Å². The second kappa shape index (κ2) is 6.62. The van der Waals surface area contributed by atoms with Crippen molar-refractivity contribution in [1.29, 1.82) is 0 Å². The Balaban J connectivity index is 1.40. The zero-order chi connectivity index (χ0) is 20.9. The monoisotopic (exact) mass is 400 g/mol. The van der Waals surface area contributed by atoms with Gasteiger partial charge in [-0.25, -0.2) is 9.29 Å². The minimum atomic E-state index is -0.667. The number of hydrogen-bond donors (Lipinski definition) is 1. The van der Waals surface area contributed by atoms with Gasteiger partial charge in [-0.3, -0.25) is 14.4 Å². The highest BCUT2D eigenvalue weighted by Gasteiger charge is 2.51. The van der Waals surface area contributed by atoms with Crippen LogP contribution in [0.15, 0.2) is 72.8 Å². The Bertz CT molecular complexity index is 1160. The molecule has 3 aromatic carbocycles. The van der Waals surface area contributed by atoms with Gasteiger partial charge < -0.3 is 5.32 Å². The molecule has 5 rings (SSSR count). The van der Waals surface area contributed by atoms with E-state index in [0.717, 1.165) is 10.5 Å². The van der Waals surface area contributed by atoms with E-state index >= 15 is 0 Å². The molecule has 1 aliphatic carbocycles. The van der Waals surface area contributed by atoms with Crippen molar-refractivity contribution >= 4 is 29.1 Å². The number of carbonyl (C=O) groups excluding carboxylic acids is 3. The number of carbonyl (C=O) groups is 3. The molecule has 1 fully saturated rings. The lowest BCUT2D eigenvalue weighted by Gasteiger charge is -2.18. The normalized spacial score (nSPS) is 16.4. The van der Waals surface area contributed by atoms with E-state index in [4.69, 9.17) is 0 Å². The smallest absolute Gasteiger partial charge is 0.266 e. The number of hydrogen-bond acceptors (Lipinski definition) is 3. The Morgan fingerprint density at radius 3 is 2.10 bits per heavy atom. The molecule has 1 aliphatic heterocycles. The average Bonchev–Trinajstić information content (AvgIpc) is 3.52. The SMILES string of the molecule is O=C1c2ccccc2C(=O)N1c1cccc(NC(=O)C2(c3ccc(F)cc3)CC2)c1. The predicted octanol–water partition coefficient (Wildman–Crippen LogP) is 4.30. The summed E-state index contributed by atoms with van der Waals surface area (Å²) in [6.07, 6.45) is 1.37. The Morgan fingerprint density at radius 2 is 1.50 bits per heavy atom. The maximum atomic E-state index is 13.2. The number of rotatable bonds is 4. The van der Waals surface area contributed by atoms with Gasteiger partial charge in [0.1, 0.15) is 5.82 Å². The van der Waals surface area contributed by atoms with E-state index in [0.29, 0.717) is 35.3 Å². The van der Waals surface area contributed by atoms with E-state index in [-0.39, 0.29) is 23.5 Å². The van der Waals surface area contributed by atoms with E-state index < -0.39 is 5.41 Å². The Morgan fingerprint density at radius 1 is 0.867 bits per heavy atom. The molecule has 5 nitrogen and oxygen atoms in total. The lowest BCUT2D eigenvalue weighted by Crippen LogP contribution is -2.30. The van der Waals surface area contributed by atoms with E-state index in [1.165, 1.54) is 12.1 Å². The summed E-state index contributed by atoms with van der Waals surface area (Å²) >= 11 is 0. The summed E-state index contributed by atoms with van der Waals surface area (Å²) in [6, 6.07) is 19.3. The summed E-state index contributed by atoms with van der Waals surface area (Å²) in [5.74, 6) is -1.30. The summed E-state index contributed by atoms with van der Waals surface area (Å²) in [5, 5.41) is 2.89. The summed E-state index contributed by atoms with van der Waals surface area (Å²) in [4.78, 5) is 39.5. The fourth-order valence-corrected chi connectivity index (χ4v) is 3.94. The van der Waals surface area contributed by atoms with Crippen molar-refractivity contribution in [3.63, 3.8) is 0 Å². The zero-order valence-electron chi connectivity index (χ0n) is 15.9. The number of amides is 3. The number of nitrogens with one attached hydrogen (secondary N) is 1. The molecule has 0 radical (unpaired) electrons. The van der Waals surface area contributed by atoms with Crippen molar-refractivity contribution < 1.29 is 18.8 Å². The minimum Gasteiger partial charge on any atom is -0.325 e. The molecule has 1 heterocycles. The number of nitrogens with zero attached hydrogens (tertiary/aromatic N) is 1. The molecule has 0 unspecified atom stereocenters. The first kappa shape index (κ1) is 18.2. The van der Waals surface area contributed by atoms with E-state index in [2.05, 4.69) is 5.32 Å². The molecule has 1 saturated carbocycles. The van der Waals surface area contributed by atoms with Gasteiger partial charge in [0, 0.05) is 5.69 Å². The molecule has 30 heavy (non-hydrogen) atoms. The molecular weight excluding hydrogens is 383 g/mol. The first-order valence-corrected chi connectivity index (χ1v) is 9.65. The molecule has 0 bridgehead atoms. The van der Waals surface area contributed by atoms with E-state index in [1.807, 2.05) is 0 Å². The first-order chi connectivity index (χ1) is 14.5. The van der Waals surface area contributed by atoms with Gasteiger partial charge in [-0.05, 0) is 60.9 Å². The molecule has 148 valence electrons. The molecule has 0 spiro atoms. The van der Waals surface area contributed by atoms with Crippen LogP contribution in [0, 0.1) is 5.82 Å². The second-order valence-corrected chi connectivity index (χ2v) is 7.58. The van der Waals surface area contributed by atoms with Gasteiger partial charge in [-0.2, -0.15) is 0 Å². The van der Waals surface area contributed by atoms with E-state index in [9.17, 15) is 18.8 Å². The maximum absolute atomic E-state index is 13.2. The van der Waals surface area contributed by atoms with Crippen LogP contribution in [0.3, 0.4) is 0 Å². The van der Waals surface area contributed by atoms with Crippen LogP contribution in [0.4, 0.5) is 15.8 Å². The van der Waals surface area contributed by atoms with Gasteiger partial charge in [0.05, 0.1) is 22.2 Å². The second-order valence-electron chi connectivity index (χ2n) is 7.58. The number of imide groups is 1. The van der Waals surface area contributed by atoms with Gasteiger partial charge >= 0.3 is 0 Å². The zero-order valence-corrected chi connectivity index (χ0v) is 15.9. The van der Waals surface area contributed by atoms with Gasteiger partial charge in [-0.15, -0.1) is 0 Å². The van der Waals surface area contributed by atoms with Crippen molar-refractivity contribution in [3.8, 4) is 0 Å². The number of halogens is 1. The number of anilines is 2.